The lowest BCUT2D eigenvalue weighted by Crippen LogP contribution is -2.36. The summed E-state index contributed by atoms with van der Waals surface area (Å²) in [5.41, 5.74) is 0. The van der Waals surface area contributed by atoms with Crippen LogP contribution >= 0.6 is 22.6 Å². The second kappa shape index (κ2) is 6.59. The van der Waals surface area contributed by atoms with Crippen LogP contribution in [0.15, 0.2) is 12.4 Å². The Morgan fingerprint density at radius 2 is 2.47 bits per heavy atom. The number of rotatable bonds is 5. The van der Waals surface area contributed by atoms with E-state index in [1.807, 2.05) is 20.0 Å². The molecule has 6 heteroatoms. The summed E-state index contributed by atoms with van der Waals surface area (Å²) in [6.45, 7) is 5.05. The van der Waals surface area contributed by atoms with Crippen LogP contribution in [0.4, 0.5) is 0 Å². The molecule has 0 aromatic carbocycles. The number of hydrogen-bond donors (Lipinski definition) is 0. The third-order valence-electron chi connectivity index (χ3n) is 2.35. The van der Waals surface area contributed by atoms with Gasteiger partial charge < -0.3 is 4.90 Å². The number of carbonyl (C=O) groups excluding carboxylic acids is 1. The van der Waals surface area contributed by atoms with Crippen molar-refractivity contribution in [2.24, 2.45) is 5.92 Å². The van der Waals surface area contributed by atoms with Gasteiger partial charge in [0.1, 0.15) is 6.54 Å². The Balaban J connectivity index is 2.58. The highest BCUT2D eigenvalue weighted by atomic mass is 127. The van der Waals surface area contributed by atoms with Crippen molar-refractivity contribution in [3.8, 4) is 6.07 Å². The second-order valence-corrected chi connectivity index (χ2v) is 5.06. The minimum Gasteiger partial charge on any atom is -0.340 e. The number of halogens is 1. The van der Waals surface area contributed by atoms with Gasteiger partial charge in [-0.2, -0.15) is 10.4 Å². The smallest absolute Gasteiger partial charge is 0.244 e. The van der Waals surface area contributed by atoms with E-state index in [4.69, 9.17) is 5.26 Å². The molecule has 1 atom stereocenters. The van der Waals surface area contributed by atoms with Crippen LogP contribution in [0.1, 0.15) is 13.8 Å². The fourth-order valence-electron chi connectivity index (χ4n) is 1.44. The van der Waals surface area contributed by atoms with Crippen molar-refractivity contribution in [2.75, 3.05) is 13.1 Å². The fraction of sp³-hybridized carbons (Fsp3) is 0.545. The minimum atomic E-state index is -0.142. The van der Waals surface area contributed by atoms with Crippen molar-refractivity contribution in [3.05, 3.63) is 16.0 Å². The molecule has 92 valence electrons. The molecule has 1 aromatic heterocycles. The first-order valence-electron chi connectivity index (χ1n) is 5.42. The molecule has 17 heavy (non-hydrogen) atoms. The molecule has 0 saturated heterocycles. The molecule has 0 radical (unpaired) electrons. The average Bonchev–Trinajstić information content (AvgIpc) is 2.70. The van der Waals surface area contributed by atoms with Gasteiger partial charge in [-0.05, 0) is 36.4 Å². The third-order valence-corrected chi connectivity index (χ3v) is 2.91. The molecule has 0 saturated carbocycles. The highest BCUT2D eigenvalue weighted by molar-refractivity contribution is 14.1. The molecule has 1 aromatic rings. The molecule has 1 unspecified atom stereocenters. The molecule has 1 heterocycles. The van der Waals surface area contributed by atoms with E-state index in [1.54, 1.807) is 15.8 Å². The SMILES string of the molecule is CCN(CC(C)C#N)C(=O)Cn1cc(I)cn1. The number of nitrogens with zero attached hydrogens (tertiary/aromatic N) is 4. The highest BCUT2D eigenvalue weighted by Crippen LogP contribution is 2.04. The summed E-state index contributed by atoms with van der Waals surface area (Å²) in [6.07, 6.45) is 3.53. The number of amides is 1. The van der Waals surface area contributed by atoms with Crippen molar-refractivity contribution in [2.45, 2.75) is 20.4 Å². The van der Waals surface area contributed by atoms with Gasteiger partial charge in [-0.1, -0.05) is 0 Å². The minimum absolute atomic E-state index is 0.00546. The molecule has 0 N–H and O–H groups in total. The first-order valence-corrected chi connectivity index (χ1v) is 6.50. The normalized spacial score (nSPS) is 11.9. The van der Waals surface area contributed by atoms with Crippen molar-refractivity contribution < 1.29 is 4.79 Å². The quantitative estimate of drug-likeness (QED) is 0.759. The maximum absolute atomic E-state index is 12.0. The number of hydrogen-bond acceptors (Lipinski definition) is 3. The molecule has 0 spiro atoms. The zero-order valence-electron chi connectivity index (χ0n) is 9.93. The molecule has 1 amide bonds. The van der Waals surface area contributed by atoms with Gasteiger partial charge >= 0.3 is 0 Å². The lowest BCUT2D eigenvalue weighted by atomic mass is 10.2. The molecular weight excluding hydrogens is 331 g/mol. The van der Waals surface area contributed by atoms with E-state index in [2.05, 4.69) is 33.8 Å². The van der Waals surface area contributed by atoms with Gasteiger partial charge in [0.05, 0.1) is 21.8 Å². The Morgan fingerprint density at radius 3 is 2.94 bits per heavy atom. The van der Waals surface area contributed by atoms with Crippen LogP contribution in [0, 0.1) is 20.8 Å². The summed E-state index contributed by atoms with van der Waals surface area (Å²) < 4.78 is 2.62. The molecular formula is C11H15IN4O. The first-order chi connectivity index (χ1) is 8.06. The van der Waals surface area contributed by atoms with Crippen LogP contribution in [-0.2, 0) is 11.3 Å². The maximum atomic E-state index is 12.0. The van der Waals surface area contributed by atoms with Crippen molar-refractivity contribution in [1.82, 2.24) is 14.7 Å². The van der Waals surface area contributed by atoms with Gasteiger partial charge in [-0.15, -0.1) is 0 Å². The Morgan fingerprint density at radius 1 is 1.76 bits per heavy atom. The third kappa shape index (κ3) is 4.34. The second-order valence-electron chi connectivity index (χ2n) is 3.82. The summed E-state index contributed by atoms with van der Waals surface area (Å²) in [5, 5.41) is 12.8. The van der Waals surface area contributed by atoms with E-state index < -0.39 is 0 Å². The molecule has 0 aliphatic rings. The molecule has 0 bridgehead atoms. The highest BCUT2D eigenvalue weighted by Gasteiger charge is 2.15. The average molecular weight is 346 g/mol. The maximum Gasteiger partial charge on any atom is 0.244 e. The number of aromatic nitrogens is 2. The number of nitriles is 1. The van der Waals surface area contributed by atoms with E-state index in [0.29, 0.717) is 13.1 Å². The van der Waals surface area contributed by atoms with Gasteiger partial charge in [0.15, 0.2) is 0 Å². The van der Waals surface area contributed by atoms with E-state index in [0.717, 1.165) is 3.57 Å². The number of carbonyl (C=O) groups is 1. The Kier molecular flexibility index (Phi) is 5.41. The summed E-state index contributed by atoms with van der Waals surface area (Å²) in [7, 11) is 0. The predicted molar refractivity (Wildman–Crippen MR) is 72.0 cm³/mol. The summed E-state index contributed by atoms with van der Waals surface area (Å²) >= 11 is 2.15. The largest absolute Gasteiger partial charge is 0.340 e. The Labute approximate surface area is 115 Å². The van der Waals surface area contributed by atoms with Gasteiger partial charge in [0.2, 0.25) is 5.91 Å². The van der Waals surface area contributed by atoms with Crippen LogP contribution in [0.5, 0.6) is 0 Å². The van der Waals surface area contributed by atoms with E-state index >= 15 is 0 Å². The van der Waals surface area contributed by atoms with Crippen LogP contribution < -0.4 is 0 Å². The standard InChI is InChI=1S/C11H15IN4O/c1-3-15(6-9(2)4-13)11(17)8-16-7-10(12)5-14-16/h5,7,9H,3,6,8H2,1-2H3. The summed E-state index contributed by atoms with van der Waals surface area (Å²) in [6, 6.07) is 2.14. The monoisotopic (exact) mass is 346 g/mol. The van der Waals surface area contributed by atoms with Gasteiger partial charge in [0.25, 0.3) is 0 Å². The molecule has 0 aliphatic carbocycles. The number of likely N-dealkylation sites (N-methyl/N-ethyl adjacent to an activating group) is 1. The first kappa shape index (κ1) is 14.0. The van der Waals surface area contributed by atoms with Crippen LogP contribution in [0.25, 0.3) is 0 Å². The van der Waals surface area contributed by atoms with E-state index in [-0.39, 0.29) is 18.4 Å². The fourth-order valence-corrected chi connectivity index (χ4v) is 1.89. The Hall–Kier alpha value is -1.10. The lowest BCUT2D eigenvalue weighted by molar-refractivity contribution is -0.132. The molecule has 1 rings (SSSR count). The molecule has 5 nitrogen and oxygen atoms in total. The molecule has 0 fully saturated rings. The summed E-state index contributed by atoms with van der Waals surface area (Å²) in [5.74, 6) is -0.147. The zero-order valence-corrected chi connectivity index (χ0v) is 12.1. The molecule has 0 aliphatic heterocycles. The Bertz CT molecular complexity index is 423. The van der Waals surface area contributed by atoms with Crippen molar-refractivity contribution in [3.63, 3.8) is 0 Å². The van der Waals surface area contributed by atoms with Crippen LogP contribution in [-0.4, -0.2) is 33.7 Å². The van der Waals surface area contributed by atoms with Crippen molar-refractivity contribution in [1.29, 1.82) is 5.26 Å². The summed E-state index contributed by atoms with van der Waals surface area (Å²) in [4.78, 5) is 13.6. The van der Waals surface area contributed by atoms with E-state index in [1.165, 1.54) is 0 Å². The topological polar surface area (TPSA) is 61.9 Å². The van der Waals surface area contributed by atoms with Crippen LogP contribution in [0.2, 0.25) is 0 Å². The van der Waals surface area contributed by atoms with E-state index in [9.17, 15) is 4.79 Å². The van der Waals surface area contributed by atoms with Gasteiger partial charge in [0, 0.05) is 19.3 Å². The zero-order chi connectivity index (χ0) is 12.8. The van der Waals surface area contributed by atoms with Gasteiger partial charge in [-0.25, -0.2) is 0 Å². The van der Waals surface area contributed by atoms with Crippen LogP contribution in [0.3, 0.4) is 0 Å². The lowest BCUT2D eigenvalue weighted by Gasteiger charge is -2.21. The van der Waals surface area contributed by atoms with Gasteiger partial charge in [-0.3, -0.25) is 9.48 Å². The predicted octanol–water partition coefficient (Wildman–Crippen LogP) is 1.50. The van der Waals surface area contributed by atoms with Crippen molar-refractivity contribution >= 4 is 28.5 Å².